The lowest BCUT2D eigenvalue weighted by Gasteiger charge is -2.38. The average molecular weight is 326 g/mol. The molecule has 0 bridgehead atoms. The number of benzene rings is 1. The van der Waals surface area contributed by atoms with E-state index >= 15 is 0 Å². The Morgan fingerprint density at radius 2 is 1.92 bits per heavy atom. The molecule has 1 saturated carbocycles. The summed E-state index contributed by atoms with van der Waals surface area (Å²) in [6.07, 6.45) is 7.25. The molecule has 6 heteroatoms. The summed E-state index contributed by atoms with van der Waals surface area (Å²) in [4.78, 5) is 26.6. The molecule has 0 atom stereocenters. The number of ether oxygens (including phenoxy) is 1. The zero-order chi connectivity index (χ0) is 17.1. The predicted octanol–water partition coefficient (Wildman–Crippen LogP) is 2.36. The van der Waals surface area contributed by atoms with Crippen LogP contribution in [0.5, 0.6) is 5.75 Å². The van der Waals surface area contributed by atoms with E-state index in [1.165, 1.54) is 12.1 Å². The third kappa shape index (κ3) is 1.94. The summed E-state index contributed by atoms with van der Waals surface area (Å²) in [5.74, 6) is 1.44. The number of halogens is 1. The van der Waals surface area contributed by atoms with Gasteiger partial charge in [-0.25, -0.2) is 9.29 Å². The van der Waals surface area contributed by atoms with Crippen molar-refractivity contribution >= 4 is 23.2 Å². The lowest BCUT2D eigenvalue weighted by molar-refractivity contribution is -0.121. The Bertz CT molecular complexity index is 819. The summed E-state index contributed by atoms with van der Waals surface area (Å²) < 4.78 is 20.5. The van der Waals surface area contributed by atoms with Crippen molar-refractivity contribution in [1.29, 1.82) is 0 Å². The lowest BCUT2D eigenvalue weighted by Crippen LogP contribution is -2.39. The smallest absolute Gasteiger partial charge is 0.234 e. The Morgan fingerprint density at radius 3 is 2.50 bits per heavy atom. The first-order valence-electron chi connectivity index (χ1n) is 7.75. The number of carbonyl (C=O) groups excluding carboxylic acids is 2. The molecule has 1 saturated heterocycles. The number of rotatable bonds is 2. The SMILES string of the molecule is C#CCN1C(=C)C2(CC2)Oc2cc(F)c(N3C(=O)CCC3=O)cc21. The Labute approximate surface area is 138 Å². The molecule has 3 aliphatic rings. The van der Waals surface area contributed by atoms with Crippen LogP contribution in [0.1, 0.15) is 25.7 Å². The quantitative estimate of drug-likeness (QED) is 0.618. The minimum atomic E-state index is -0.665. The van der Waals surface area contributed by atoms with Crippen LogP contribution in [0.15, 0.2) is 24.4 Å². The van der Waals surface area contributed by atoms with E-state index in [2.05, 4.69) is 12.5 Å². The third-order valence-corrected chi connectivity index (χ3v) is 4.72. The minimum Gasteiger partial charge on any atom is -0.479 e. The van der Waals surface area contributed by atoms with Gasteiger partial charge in [0.15, 0.2) is 5.82 Å². The molecule has 0 N–H and O–H groups in total. The van der Waals surface area contributed by atoms with E-state index in [4.69, 9.17) is 11.2 Å². The maximum Gasteiger partial charge on any atom is 0.234 e. The van der Waals surface area contributed by atoms with Gasteiger partial charge in [0, 0.05) is 18.9 Å². The van der Waals surface area contributed by atoms with Crippen molar-refractivity contribution in [1.82, 2.24) is 0 Å². The van der Waals surface area contributed by atoms with Gasteiger partial charge in [0.25, 0.3) is 0 Å². The Morgan fingerprint density at radius 1 is 1.25 bits per heavy atom. The number of nitrogens with zero attached hydrogens (tertiary/aromatic N) is 2. The van der Waals surface area contributed by atoms with Crippen molar-refractivity contribution in [3.05, 3.63) is 30.2 Å². The van der Waals surface area contributed by atoms with E-state index < -0.39 is 23.2 Å². The second-order valence-electron chi connectivity index (χ2n) is 6.23. The highest BCUT2D eigenvalue weighted by molar-refractivity contribution is 6.20. The molecule has 24 heavy (non-hydrogen) atoms. The zero-order valence-corrected chi connectivity index (χ0v) is 13.0. The number of anilines is 2. The van der Waals surface area contributed by atoms with Crippen LogP contribution in [0.25, 0.3) is 0 Å². The van der Waals surface area contributed by atoms with Crippen LogP contribution in [-0.2, 0) is 9.59 Å². The molecule has 0 radical (unpaired) electrons. The number of imide groups is 1. The monoisotopic (exact) mass is 326 g/mol. The first-order chi connectivity index (χ1) is 11.5. The van der Waals surface area contributed by atoms with Crippen molar-refractivity contribution in [2.24, 2.45) is 0 Å². The molecular weight excluding hydrogens is 311 g/mol. The van der Waals surface area contributed by atoms with Gasteiger partial charge in [0.05, 0.1) is 23.6 Å². The van der Waals surface area contributed by atoms with Crippen LogP contribution in [0.4, 0.5) is 15.8 Å². The first-order valence-corrected chi connectivity index (χ1v) is 7.75. The summed E-state index contributed by atoms with van der Waals surface area (Å²) in [5.41, 5.74) is 0.687. The van der Waals surface area contributed by atoms with Crippen molar-refractivity contribution in [2.75, 3.05) is 16.3 Å². The van der Waals surface area contributed by atoms with Gasteiger partial charge < -0.3 is 9.64 Å². The Kier molecular flexibility index (Phi) is 2.98. The molecule has 2 heterocycles. The van der Waals surface area contributed by atoms with Crippen LogP contribution in [0, 0.1) is 18.2 Å². The molecule has 1 aromatic rings. The summed E-state index contributed by atoms with van der Waals surface area (Å²) in [6.45, 7) is 4.33. The van der Waals surface area contributed by atoms with Crippen LogP contribution < -0.4 is 14.5 Å². The predicted molar refractivity (Wildman–Crippen MR) is 86.0 cm³/mol. The molecule has 1 aliphatic carbocycles. The van der Waals surface area contributed by atoms with E-state index in [1.54, 1.807) is 4.90 Å². The molecule has 122 valence electrons. The zero-order valence-electron chi connectivity index (χ0n) is 13.0. The van der Waals surface area contributed by atoms with Crippen LogP contribution in [0.2, 0.25) is 0 Å². The summed E-state index contributed by atoms with van der Waals surface area (Å²) in [5, 5.41) is 0. The minimum absolute atomic E-state index is 0.0635. The first kappa shape index (κ1) is 14.8. The molecule has 0 unspecified atom stereocenters. The van der Waals surface area contributed by atoms with E-state index in [0.29, 0.717) is 11.4 Å². The standard InChI is InChI=1S/C18H15FN2O3/c1-3-8-20-11(2)18(6-7-18)24-15-9-12(19)13(10-14(15)20)21-16(22)4-5-17(21)23/h1,9-10H,2,4-8H2. The second-order valence-corrected chi connectivity index (χ2v) is 6.23. The Hall–Kier alpha value is -2.81. The van der Waals surface area contributed by atoms with Gasteiger partial charge in [0.1, 0.15) is 11.4 Å². The molecule has 2 fully saturated rings. The van der Waals surface area contributed by atoms with Crippen LogP contribution in [-0.4, -0.2) is 24.0 Å². The van der Waals surface area contributed by atoms with E-state index in [1.807, 2.05) is 0 Å². The Balaban J connectivity index is 1.84. The van der Waals surface area contributed by atoms with Crippen molar-refractivity contribution in [3.8, 4) is 18.1 Å². The fraction of sp³-hybridized carbons (Fsp3) is 0.333. The number of hydrogen-bond donors (Lipinski definition) is 0. The molecule has 2 aliphatic heterocycles. The number of fused-ring (bicyclic) bond motifs is 1. The van der Waals surface area contributed by atoms with Crippen LogP contribution >= 0.6 is 0 Å². The summed E-state index contributed by atoms with van der Waals surface area (Å²) in [6, 6.07) is 2.67. The second kappa shape index (κ2) is 4.84. The molecule has 5 nitrogen and oxygen atoms in total. The number of carbonyl (C=O) groups is 2. The maximum atomic E-state index is 14.6. The number of amides is 2. The molecular formula is C18H15FN2O3. The van der Waals surface area contributed by atoms with Gasteiger partial charge in [-0.2, -0.15) is 0 Å². The van der Waals surface area contributed by atoms with Gasteiger partial charge >= 0.3 is 0 Å². The summed E-state index contributed by atoms with van der Waals surface area (Å²) >= 11 is 0. The van der Waals surface area contributed by atoms with Gasteiger partial charge in [-0.1, -0.05) is 12.5 Å². The maximum absolute atomic E-state index is 14.6. The molecule has 1 aromatic carbocycles. The third-order valence-electron chi connectivity index (χ3n) is 4.72. The fourth-order valence-corrected chi connectivity index (χ4v) is 3.28. The molecule has 2 amide bonds. The highest BCUT2D eigenvalue weighted by atomic mass is 19.1. The number of terminal acetylenes is 1. The van der Waals surface area contributed by atoms with Crippen LogP contribution in [0.3, 0.4) is 0 Å². The fourth-order valence-electron chi connectivity index (χ4n) is 3.28. The topological polar surface area (TPSA) is 49.9 Å². The molecule has 1 spiro atoms. The molecule has 4 rings (SSSR count). The van der Waals surface area contributed by atoms with Crippen molar-refractivity contribution in [3.63, 3.8) is 0 Å². The highest BCUT2D eigenvalue weighted by Crippen LogP contribution is 2.54. The van der Waals surface area contributed by atoms with Crippen molar-refractivity contribution in [2.45, 2.75) is 31.3 Å². The van der Waals surface area contributed by atoms with E-state index in [0.717, 1.165) is 23.4 Å². The lowest BCUT2D eigenvalue weighted by atomic mass is 10.1. The van der Waals surface area contributed by atoms with Gasteiger partial charge in [-0.15, -0.1) is 6.42 Å². The van der Waals surface area contributed by atoms with E-state index in [-0.39, 0.29) is 25.1 Å². The van der Waals surface area contributed by atoms with E-state index in [9.17, 15) is 14.0 Å². The largest absolute Gasteiger partial charge is 0.479 e. The number of hydrogen-bond acceptors (Lipinski definition) is 4. The van der Waals surface area contributed by atoms with Gasteiger partial charge in [-0.05, 0) is 18.9 Å². The van der Waals surface area contributed by atoms with Crippen molar-refractivity contribution < 1.29 is 18.7 Å². The highest BCUT2D eigenvalue weighted by Gasteiger charge is 2.53. The normalized spacial score (nSPS) is 20.9. The molecule has 0 aromatic heterocycles. The average Bonchev–Trinajstić information content (AvgIpc) is 3.24. The van der Waals surface area contributed by atoms with Gasteiger partial charge in [-0.3, -0.25) is 9.59 Å². The summed E-state index contributed by atoms with van der Waals surface area (Å²) in [7, 11) is 0. The van der Waals surface area contributed by atoms with Gasteiger partial charge in [0.2, 0.25) is 11.8 Å².